The first-order chi connectivity index (χ1) is 15.5. The largest absolute Gasteiger partial charge is 0.497 e. The highest BCUT2D eigenvalue weighted by molar-refractivity contribution is 6.35. The summed E-state index contributed by atoms with van der Waals surface area (Å²) in [5.74, 6) is -0.910. The lowest BCUT2D eigenvalue weighted by Crippen LogP contribution is -2.37. The summed E-state index contributed by atoms with van der Waals surface area (Å²) in [5.41, 5.74) is 1.84. The van der Waals surface area contributed by atoms with Crippen LogP contribution in [-0.4, -0.2) is 25.0 Å². The fourth-order valence-corrected chi connectivity index (χ4v) is 4.78. The summed E-state index contributed by atoms with van der Waals surface area (Å²) < 4.78 is 5.18. The van der Waals surface area contributed by atoms with Crippen molar-refractivity contribution in [2.24, 2.45) is 5.92 Å². The Labute approximate surface area is 194 Å². The lowest BCUT2D eigenvalue weighted by atomic mass is 9.90. The Balaban J connectivity index is 1.58. The first kappa shape index (κ1) is 20.8. The number of fused-ring (bicyclic) bond motifs is 1. The highest BCUT2D eigenvalue weighted by Gasteiger charge is 2.60. The molecule has 32 heavy (non-hydrogen) atoms. The lowest BCUT2D eigenvalue weighted by Gasteiger charge is -2.29. The van der Waals surface area contributed by atoms with Crippen LogP contribution in [0, 0.1) is 5.92 Å². The van der Waals surface area contributed by atoms with E-state index in [-0.39, 0.29) is 5.91 Å². The van der Waals surface area contributed by atoms with Crippen molar-refractivity contribution in [1.29, 1.82) is 0 Å². The van der Waals surface area contributed by atoms with Gasteiger partial charge in [0.05, 0.1) is 24.5 Å². The number of carbonyl (C=O) groups is 2. The van der Waals surface area contributed by atoms with Crippen LogP contribution in [0.5, 0.6) is 5.75 Å². The molecule has 6 nitrogen and oxygen atoms in total. The van der Waals surface area contributed by atoms with Crippen LogP contribution in [0.15, 0.2) is 72.8 Å². The van der Waals surface area contributed by atoms with E-state index in [0.29, 0.717) is 27.0 Å². The first-order valence-electron chi connectivity index (χ1n) is 9.97. The number of hydrogen-bond donors (Lipinski definition) is 0. The summed E-state index contributed by atoms with van der Waals surface area (Å²) in [5, 5.41) is 2.48. The van der Waals surface area contributed by atoms with Gasteiger partial charge in [-0.3, -0.25) is 14.4 Å². The molecular weight excluding hydrogens is 451 g/mol. The van der Waals surface area contributed by atoms with Crippen molar-refractivity contribution in [3.63, 3.8) is 0 Å². The quantitative estimate of drug-likeness (QED) is 0.501. The maximum atomic E-state index is 13.6. The number of methoxy groups -OCH3 is 1. The Morgan fingerprint density at radius 2 is 1.59 bits per heavy atom. The minimum Gasteiger partial charge on any atom is -0.497 e. The standard InChI is InChI=1S/C24H18Cl2N2O4/c1-31-17-10-8-15(9-11-17)27-23(29)20-21(18-12-7-14(25)13-19(18)26)28(32-22(20)24(27)30)16-5-3-2-4-6-16/h2-13,20-22H,1H3/t20-,21-,22-/m1/s1. The van der Waals surface area contributed by atoms with Crippen LogP contribution in [0.2, 0.25) is 10.0 Å². The maximum absolute atomic E-state index is 13.6. The molecule has 0 unspecified atom stereocenters. The second kappa shape index (κ2) is 8.13. The molecule has 162 valence electrons. The predicted octanol–water partition coefficient (Wildman–Crippen LogP) is 5.05. The first-order valence-corrected chi connectivity index (χ1v) is 10.7. The zero-order valence-electron chi connectivity index (χ0n) is 16.9. The van der Waals surface area contributed by atoms with Crippen LogP contribution < -0.4 is 14.7 Å². The highest BCUT2D eigenvalue weighted by atomic mass is 35.5. The summed E-state index contributed by atoms with van der Waals surface area (Å²) in [7, 11) is 1.55. The van der Waals surface area contributed by atoms with Crippen LogP contribution in [-0.2, 0) is 14.4 Å². The Hall–Kier alpha value is -3.06. The molecule has 0 N–H and O–H groups in total. The normalized spacial score (nSPS) is 22.4. The maximum Gasteiger partial charge on any atom is 0.266 e. The van der Waals surface area contributed by atoms with Gasteiger partial charge in [0.25, 0.3) is 5.91 Å². The molecule has 0 spiro atoms. The molecule has 2 heterocycles. The fourth-order valence-electron chi connectivity index (χ4n) is 4.26. The van der Waals surface area contributed by atoms with Gasteiger partial charge in [-0.25, -0.2) is 9.96 Å². The summed E-state index contributed by atoms with van der Waals surface area (Å²) in [6.07, 6.45) is -0.971. The molecule has 2 saturated heterocycles. The number of anilines is 2. The van der Waals surface area contributed by atoms with Gasteiger partial charge in [-0.05, 0) is 54.1 Å². The van der Waals surface area contributed by atoms with Crippen molar-refractivity contribution in [2.75, 3.05) is 17.1 Å². The molecule has 0 aliphatic carbocycles. The smallest absolute Gasteiger partial charge is 0.266 e. The van der Waals surface area contributed by atoms with Gasteiger partial charge in [0.1, 0.15) is 11.7 Å². The summed E-state index contributed by atoms with van der Waals surface area (Å²) in [4.78, 5) is 34.2. The van der Waals surface area contributed by atoms with E-state index in [1.165, 1.54) is 4.90 Å². The monoisotopic (exact) mass is 468 g/mol. The topological polar surface area (TPSA) is 59.1 Å². The Morgan fingerprint density at radius 3 is 2.25 bits per heavy atom. The average Bonchev–Trinajstić information content (AvgIpc) is 3.30. The molecule has 0 aromatic heterocycles. The van der Waals surface area contributed by atoms with E-state index in [4.69, 9.17) is 32.8 Å². The van der Waals surface area contributed by atoms with Crippen LogP contribution in [0.25, 0.3) is 0 Å². The van der Waals surface area contributed by atoms with E-state index in [9.17, 15) is 9.59 Å². The Morgan fingerprint density at radius 1 is 0.875 bits per heavy atom. The number of hydrogen-bond acceptors (Lipinski definition) is 5. The molecule has 3 atom stereocenters. The zero-order chi connectivity index (χ0) is 22.4. The zero-order valence-corrected chi connectivity index (χ0v) is 18.5. The molecule has 0 radical (unpaired) electrons. The number of imide groups is 1. The number of ether oxygens (including phenoxy) is 1. The molecule has 2 aliphatic heterocycles. The second-order valence-corrected chi connectivity index (χ2v) is 8.38. The number of para-hydroxylation sites is 1. The SMILES string of the molecule is COc1ccc(N2C(=O)[C@@H]3[C@@H](c4ccc(Cl)cc4Cl)N(c4ccccc4)O[C@H]3C2=O)cc1. The molecule has 8 heteroatoms. The Kier molecular flexibility index (Phi) is 5.29. The summed E-state index contributed by atoms with van der Waals surface area (Å²) >= 11 is 12.6. The highest BCUT2D eigenvalue weighted by Crippen LogP contribution is 2.49. The van der Waals surface area contributed by atoms with E-state index >= 15 is 0 Å². The molecule has 2 aliphatic rings. The third-order valence-electron chi connectivity index (χ3n) is 5.74. The molecule has 3 aromatic carbocycles. The van der Waals surface area contributed by atoms with Crippen molar-refractivity contribution in [1.82, 2.24) is 0 Å². The molecule has 5 rings (SSSR count). The predicted molar refractivity (Wildman–Crippen MR) is 122 cm³/mol. The number of amides is 2. The van der Waals surface area contributed by atoms with E-state index in [1.54, 1.807) is 54.6 Å². The van der Waals surface area contributed by atoms with Gasteiger partial charge < -0.3 is 4.74 Å². The van der Waals surface area contributed by atoms with Gasteiger partial charge in [0.15, 0.2) is 6.10 Å². The number of benzene rings is 3. The van der Waals surface area contributed by atoms with Crippen molar-refractivity contribution in [2.45, 2.75) is 12.1 Å². The van der Waals surface area contributed by atoms with Gasteiger partial charge >= 0.3 is 0 Å². The third kappa shape index (κ3) is 3.32. The van der Waals surface area contributed by atoms with Gasteiger partial charge in [0, 0.05) is 10.0 Å². The lowest BCUT2D eigenvalue weighted by molar-refractivity contribution is -0.126. The van der Waals surface area contributed by atoms with E-state index in [2.05, 4.69) is 0 Å². The van der Waals surface area contributed by atoms with Gasteiger partial charge in [0.2, 0.25) is 5.91 Å². The minimum absolute atomic E-state index is 0.348. The molecule has 2 fully saturated rings. The van der Waals surface area contributed by atoms with Crippen molar-refractivity contribution < 1.29 is 19.2 Å². The van der Waals surface area contributed by atoms with Crippen molar-refractivity contribution in [3.8, 4) is 5.75 Å². The van der Waals surface area contributed by atoms with E-state index < -0.39 is 24.0 Å². The molecule has 2 amide bonds. The van der Waals surface area contributed by atoms with Gasteiger partial charge in [-0.1, -0.05) is 47.5 Å². The summed E-state index contributed by atoms with van der Waals surface area (Å²) in [6.45, 7) is 0. The Bertz CT molecular complexity index is 1190. The summed E-state index contributed by atoms with van der Waals surface area (Å²) in [6, 6.07) is 20.6. The van der Waals surface area contributed by atoms with Crippen LogP contribution in [0.3, 0.4) is 0 Å². The molecule has 3 aromatic rings. The molecule has 0 bridgehead atoms. The number of rotatable bonds is 4. The van der Waals surface area contributed by atoms with Crippen molar-refractivity contribution >= 4 is 46.4 Å². The number of halogens is 2. The second-order valence-electron chi connectivity index (χ2n) is 7.53. The van der Waals surface area contributed by atoms with Crippen LogP contribution in [0.4, 0.5) is 11.4 Å². The van der Waals surface area contributed by atoms with E-state index in [1.807, 2.05) is 30.3 Å². The molecular formula is C24H18Cl2N2O4. The number of nitrogens with zero attached hydrogens (tertiary/aromatic N) is 2. The minimum atomic E-state index is -0.971. The van der Waals surface area contributed by atoms with Gasteiger partial charge in [-0.2, -0.15) is 0 Å². The fraction of sp³-hybridized carbons (Fsp3) is 0.167. The number of hydroxylamine groups is 1. The van der Waals surface area contributed by atoms with E-state index in [0.717, 1.165) is 5.69 Å². The van der Waals surface area contributed by atoms with Gasteiger partial charge in [-0.15, -0.1) is 0 Å². The third-order valence-corrected chi connectivity index (χ3v) is 6.30. The average molecular weight is 469 g/mol. The van der Waals surface area contributed by atoms with Crippen LogP contribution in [0.1, 0.15) is 11.6 Å². The molecule has 0 saturated carbocycles. The van der Waals surface area contributed by atoms with Crippen LogP contribution >= 0.6 is 23.2 Å². The van der Waals surface area contributed by atoms with Crippen molar-refractivity contribution in [3.05, 3.63) is 88.4 Å². The number of carbonyl (C=O) groups excluding carboxylic acids is 2.